The minimum Gasteiger partial charge on any atom is -0.328 e. The second-order valence-electron chi connectivity index (χ2n) is 5.66. The molecule has 1 unspecified atom stereocenters. The Kier molecular flexibility index (Phi) is 5.06. The van der Waals surface area contributed by atoms with Crippen LogP contribution < -0.4 is 11.2 Å². The van der Waals surface area contributed by atoms with Gasteiger partial charge in [-0.25, -0.2) is 5.48 Å². The summed E-state index contributed by atoms with van der Waals surface area (Å²) in [6.45, 7) is 8.51. The van der Waals surface area contributed by atoms with Gasteiger partial charge in [0.2, 0.25) is 0 Å². The molecule has 1 aromatic heterocycles. The lowest BCUT2D eigenvalue weighted by atomic mass is 10.0. The van der Waals surface area contributed by atoms with Crippen LogP contribution in [0.3, 0.4) is 0 Å². The smallest absolute Gasteiger partial charge is 0.276 e. The summed E-state index contributed by atoms with van der Waals surface area (Å²) in [7, 11) is 0. The van der Waals surface area contributed by atoms with E-state index in [2.05, 4.69) is 16.5 Å². The molecule has 21 heavy (non-hydrogen) atoms. The van der Waals surface area contributed by atoms with Gasteiger partial charge in [0.25, 0.3) is 5.91 Å². The van der Waals surface area contributed by atoms with E-state index < -0.39 is 5.91 Å². The number of nitrogens with zero attached hydrogens (tertiary/aromatic N) is 2. The van der Waals surface area contributed by atoms with Crippen LogP contribution in [0.2, 0.25) is 0 Å². The van der Waals surface area contributed by atoms with Crippen molar-refractivity contribution in [1.82, 2.24) is 15.4 Å². The third kappa shape index (κ3) is 4.10. The fraction of sp³-hybridized carbons (Fsp3) is 0.467. The fourth-order valence-corrected chi connectivity index (χ4v) is 2.63. The van der Waals surface area contributed by atoms with E-state index in [0.29, 0.717) is 5.56 Å². The molecule has 6 heteroatoms. The lowest BCUT2D eigenvalue weighted by Gasteiger charge is -2.29. The van der Waals surface area contributed by atoms with Gasteiger partial charge in [-0.1, -0.05) is 12.2 Å². The number of hydroxylamine groups is 1. The molecule has 0 spiro atoms. The quantitative estimate of drug-likeness (QED) is 0.425. The van der Waals surface area contributed by atoms with Gasteiger partial charge in [-0.3, -0.25) is 19.9 Å². The third-order valence-electron chi connectivity index (χ3n) is 3.55. The summed E-state index contributed by atoms with van der Waals surface area (Å²) in [6.07, 6.45) is 3.15. The van der Waals surface area contributed by atoms with Crippen LogP contribution in [-0.4, -0.2) is 40.1 Å². The van der Waals surface area contributed by atoms with Crippen molar-refractivity contribution in [2.75, 3.05) is 13.1 Å². The van der Waals surface area contributed by atoms with Crippen molar-refractivity contribution < 1.29 is 10.0 Å². The van der Waals surface area contributed by atoms with Crippen molar-refractivity contribution >= 4 is 5.91 Å². The highest BCUT2D eigenvalue weighted by atomic mass is 16.5. The molecule has 1 aliphatic rings. The molecule has 6 nitrogen and oxygen atoms in total. The highest BCUT2D eigenvalue weighted by Crippen LogP contribution is 2.19. The Morgan fingerprint density at radius 2 is 2.43 bits per heavy atom. The fourth-order valence-electron chi connectivity index (χ4n) is 2.63. The van der Waals surface area contributed by atoms with Gasteiger partial charge in [0.1, 0.15) is 0 Å². The second-order valence-corrected chi connectivity index (χ2v) is 5.66. The number of fused-ring (bicyclic) bond motifs is 1. The van der Waals surface area contributed by atoms with E-state index in [4.69, 9.17) is 10.9 Å². The highest BCUT2D eigenvalue weighted by Gasteiger charge is 2.19. The summed E-state index contributed by atoms with van der Waals surface area (Å²) in [6, 6.07) is 1.93. The van der Waals surface area contributed by atoms with Crippen molar-refractivity contribution in [3.8, 4) is 0 Å². The maximum Gasteiger partial charge on any atom is 0.276 e. The zero-order valence-electron chi connectivity index (χ0n) is 12.3. The van der Waals surface area contributed by atoms with Gasteiger partial charge in [-0.15, -0.1) is 0 Å². The number of amides is 1. The highest BCUT2D eigenvalue weighted by molar-refractivity contribution is 5.93. The van der Waals surface area contributed by atoms with Crippen LogP contribution >= 0.6 is 0 Å². The Morgan fingerprint density at radius 3 is 3.10 bits per heavy atom. The largest absolute Gasteiger partial charge is 0.328 e. The van der Waals surface area contributed by atoms with Crippen LogP contribution in [0.1, 0.15) is 35.0 Å². The molecule has 2 rings (SSSR count). The van der Waals surface area contributed by atoms with E-state index in [1.807, 2.05) is 6.92 Å². The Morgan fingerprint density at radius 1 is 1.67 bits per heavy atom. The molecule has 2 heterocycles. The molecule has 0 radical (unpaired) electrons. The molecule has 1 aromatic rings. The minimum absolute atomic E-state index is 0.132. The predicted octanol–water partition coefficient (Wildman–Crippen LogP) is 0.852. The number of nitrogens with two attached hydrogens (primary N) is 1. The van der Waals surface area contributed by atoms with Gasteiger partial charge in [-0.2, -0.15) is 0 Å². The van der Waals surface area contributed by atoms with E-state index in [9.17, 15) is 4.79 Å². The van der Waals surface area contributed by atoms with Crippen LogP contribution in [0.15, 0.2) is 24.4 Å². The summed E-state index contributed by atoms with van der Waals surface area (Å²) in [5.41, 5.74) is 11.0. The van der Waals surface area contributed by atoms with Crippen molar-refractivity contribution in [1.29, 1.82) is 0 Å². The average molecular weight is 290 g/mol. The summed E-state index contributed by atoms with van der Waals surface area (Å²) < 4.78 is 0. The van der Waals surface area contributed by atoms with E-state index in [1.54, 1.807) is 11.5 Å². The summed E-state index contributed by atoms with van der Waals surface area (Å²) in [4.78, 5) is 18.0. The molecule has 0 saturated heterocycles. The first-order valence-electron chi connectivity index (χ1n) is 7.06. The summed E-state index contributed by atoms with van der Waals surface area (Å²) in [5, 5.41) is 8.65. The monoisotopic (exact) mass is 290 g/mol. The van der Waals surface area contributed by atoms with Gasteiger partial charge in [0.05, 0.1) is 11.3 Å². The molecule has 1 aliphatic heterocycles. The number of hydrogen-bond acceptors (Lipinski definition) is 5. The number of aromatic nitrogens is 1. The molecule has 0 bridgehead atoms. The lowest BCUT2D eigenvalue weighted by Crippen LogP contribution is -2.34. The number of carbonyl (C=O) groups is 1. The molecular weight excluding hydrogens is 268 g/mol. The predicted molar refractivity (Wildman–Crippen MR) is 79.9 cm³/mol. The zero-order valence-corrected chi connectivity index (χ0v) is 12.3. The van der Waals surface area contributed by atoms with Gasteiger partial charge in [0, 0.05) is 31.9 Å². The van der Waals surface area contributed by atoms with Crippen LogP contribution in [0.5, 0.6) is 0 Å². The Balaban J connectivity index is 2.01. The molecule has 0 saturated carbocycles. The normalized spacial score (nSPS) is 16.1. The van der Waals surface area contributed by atoms with Crippen LogP contribution in [0.25, 0.3) is 0 Å². The molecule has 1 amide bonds. The number of nitrogens with one attached hydrogen (secondary N) is 1. The molecule has 4 N–H and O–H groups in total. The van der Waals surface area contributed by atoms with Gasteiger partial charge in [-0.05, 0) is 31.4 Å². The number of carbonyl (C=O) groups excluding carboxylic acids is 1. The maximum atomic E-state index is 11.4. The first-order valence-corrected chi connectivity index (χ1v) is 7.06. The Labute approximate surface area is 124 Å². The van der Waals surface area contributed by atoms with Crippen LogP contribution in [-0.2, 0) is 13.0 Å². The maximum absolute atomic E-state index is 11.4. The molecule has 1 atom stereocenters. The molecule has 0 aliphatic carbocycles. The minimum atomic E-state index is -0.530. The van der Waals surface area contributed by atoms with Crippen molar-refractivity contribution in [3.63, 3.8) is 0 Å². The topological polar surface area (TPSA) is 91.5 Å². The zero-order chi connectivity index (χ0) is 15.4. The number of rotatable bonds is 5. The van der Waals surface area contributed by atoms with Gasteiger partial charge in [0.15, 0.2) is 0 Å². The molecule has 0 aromatic carbocycles. The summed E-state index contributed by atoms with van der Waals surface area (Å²) in [5.74, 6) is -0.530. The first kappa shape index (κ1) is 15.6. The van der Waals surface area contributed by atoms with Gasteiger partial charge < -0.3 is 5.73 Å². The van der Waals surface area contributed by atoms with Crippen LogP contribution in [0.4, 0.5) is 0 Å². The van der Waals surface area contributed by atoms with Crippen molar-refractivity contribution in [3.05, 3.63) is 41.2 Å². The van der Waals surface area contributed by atoms with E-state index in [1.165, 1.54) is 6.20 Å². The van der Waals surface area contributed by atoms with Crippen molar-refractivity contribution in [2.45, 2.75) is 32.4 Å². The van der Waals surface area contributed by atoms with E-state index >= 15 is 0 Å². The van der Waals surface area contributed by atoms with Gasteiger partial charge >= 0.3 is 0 Å². The molecule has 0 fully saturated rings. The Hall–Kier alpha value is -1.76. The SMILES string of the molecule is C=C(CC(C)N)CN1CCc2cc(C(=O)NO)cnc2C1. The van der Waals surface area contributed by atoms with Crippen molar-refractivity contribution in [2.24, 2.45) is 5.73 Å². The molecular formula is C15H22N4O2. The van der Waals surface area contributed by atoms with E-state index in [0.717, 1.165) is 49.3 Å². The Bertz CT molecular complexity index is 542. The summed E-state index contributed by atoms with van der Waals surface area (Å²) >= 11 is 0. The lowest BCUT2D eigenvalue weighted by molar-refractivity contribution is 0.0705. The van der Waals surface area contributed by atoms with Crippen LogP contribution in [0, 0.1) is 0 Å². The standard InChI is InChI=1S/C15H22N4O2/c1-10(5-11(2)16)8-19-4-3-12-6-13(15(20)18-21)7-17-14(12)9-19/h6-7,11,21H,1,3-5,8-9,16H2,2H3,(H,18,20). The first-order chi connectivity index (χ1) is 9.99. The number of hydrogen-bond donors (Lipinski definition) is 3. The number of pyridine rings is 1. The second kappa shape index (κ2) is 6.80. The van der Waals surface area contributed by atoms with E-state index in [-0.39, 0.29) is 6.04 Å². The average Bonchev–Trinajstić information content (AvgIpc) is 2.44. The molecule has 114 valence electrons. The third-order valence-corrected chi connectivity index (χ3v) is 3.55.